The number of rotatable bonds is 8. The SMILES string of the molecule is NC(CNC(Cc1ccccc1)C(=O)O)Cc1ccccc1. The van der Waals surface area contributed by atoms with E-state index in [1.165, 1.54) is 0 Å². The van der Waals surface area contributed by atoms with Crippen LogP contribution in [0.15, 0.2) is 60.7 Å². The molecule has 0 aromatic heterocycles. The van der Waals surface area contributed by atoms with E-state index >= 15 is 0 Å². The van der Waals surface area contributed by atoms with Crippen LogP contribution in [0, 0.1) is 0 Å². The third-order valence-corrected chi connectivity index (χ3v) is 3.55. The summed E-state index contributed by atoms with van der Waals surface area (Å²) in [6.07, 6.45) is 1.18. The molecule has 4 heteroatoms. The number of hydrogen-bond donors (Lipinski definition) is 3. The van der Waals surface area contributed by atoms with Crippen molar-refractivity contribution in [3.8, 4) is 0 Å². The first kappa shape index (κ1) is 16.2. The normalized spacial score (nSPS) is 13.5. The average Bonchev–Trinajstić information content (AvgIpc) is 2.53. The van der Waals surface area contributed by atoms with E-state index in [2.05, 4.69) is 5.32 Å². The zero-order valence-electron chi connectivity index (χ0n) is 12.5. The van der Waals surface area contributed by atoms with E-state index in [0.29, 0.717) is 13.0 Å². The summed E-state index contributed by atoms with van der Waals surface area (Å²) in [6.45, 7) is 0.471. The lowest BCUT2D eigenvalue weighted by Crippen LogP contribution is -2.45. The second kappa shape index (κ2) is 8.32. The van der Waals surface area contributed by atoms with E-state index < -0.39 is 12.0 Å². The molecule has 0 radical (unpaired) electrons. The highest BCUT2D eigenvalue weighted by Gasteiger charge is 2.18. The molecule has 0 heterocycles. The minimum atomic E-state index is -0.851. The molecule has 0 spiro atoms. The van der Waals surface area contributed by atoms with Crippen molar-refractivity contribution in [2.24, 2.45) is 5.73 Å². The van der Waals surface area contributed by atoms with Crippen LogP contribution in [0.5, 0.6) is 0 Å². The van der Waals surface area contributed by atoms with Crippen LogP contribution >= 0.6 is 0 Å². The number of carboxylic acids is 1. The lowest BCUT2D eigenvalue weighted by Gasteiger charge is -2.18. The van der Waals surface area contributed by atoms with Gasteiger partial charge in [-0.05, 0) is 24.0 Å². The summed E-state index contributed by atoms with van der Waals surface area (Å²) in [4.78, 5) is 11.4. The predicted molar refractivity (Wildman–Crippen MR) is 87.7 cm³/mol. The van der Waals surface area contributed by atoms with Crippen molar-refractivity contribution in [2.75, 3.05) is 6.54 Å². The molecule has 2 rings (SSSR count). The number of carbonyl (C=O) groups is 1. The number of nitrogens with two attached hydrogens (primary N) is 1. The predicted octanol–water partition coefficient (Wildman–Crippen LogP) is 1.84. The quantitative estimate of drug-likeness (QED) is 0.695. The van der Waals surface area contributed by atoms with Gasteiger partial charge in [-0.2, -0.15) is 0 Å². The van der Waals surface area contributed by atoms with Gasteiger partial charge in [0.05, 0.1) is 0 Å². The Morgan fingerprint density at radius 1 is 0.955 bits per heavy atom. The Morgan fingerprint density at radius 3 is 1.95 bits per heavy atom. The van der Waals surface area contributed by atoms with Crippen LogP contribution in [0.3, 0.4) is 0 Å². The third-order valence-electron chi connectivity index (χ3n) is 3.55. The Hall–Kier alpha value is -2.17. The molecule has 0 aliphatic carbocycles. The van der Waals surface area contributed by atoms with E-state index in [1.807, 2.05) is 60.7 Å². The molecule has 2 unspecified atom stereocenters. The fraction of sp³-hybridized carbons (Fsp3) is 0.278. The second-order valence-electron chi connectivity index (χ2n) is 5.44. The largest absolute Gasteiger partial charge is 0.480 e. The maximum atomic E-state index is 11.4. The number of carboxylic acid groups (broad SMARTS) is 1. The molecule has 0 saturated heterocycles. The van der Waals surface area contributed by atoms with E-state index in [1.54, 1.807) is 0 Å². The highest BCUT2D eigenvalue weighted by Crippen LogP contribution is 2.05. The van der Waals surface area contributed by atoms with Gasteiger partial charge in [-0.15, -0.1) is 0 Å². The highest BCUT2D eigenvalue weighted by atomic mass is 16.4. The molecule has 2 aromatic carbocycles. The molecule has 0 fully saturated rings. The van der Waals surface area contributed by atoms with Gasteiger partial charge in [0, 0.05) is 12.6 Å². The Labute approximate surface area is 131 Å². The van der Waals surface area contributed by atoms with Crippen molar-refractivity contribution in [3.05, 3.63) is 71.8 Å². The highest BCUT2D eigenvalue weighted by molar-refractivity contribution is 5.73. The maximum absolute atomic E-state index is 11.4. The molecule has 116 valence electrons. The van der Waals surface area contributed by atoms with E-state index in [9.17, 15) is 9.90 Å². The third kappa shape index (κ3) is 5.31. The number of nitrogens with one attached hydrogen (secondary N) is 1. The van der Waals surface area contributed by atoms with Crippen molar-refractivity contribution >= 4 is 5.97 Å². The minimum Gasteiger partial charge on any atom is -0.480 e. The van der Waals surface area contributed by atoms with Gasteiger partial charge in [0.25, 0.3) is 0 Å². The summed E-state index contributed by atoms with van der Waals surface area (Å²) in [6, 6.07) is 18.8. The second-order valence-corrected chi connectivity index (χ2v) is 5.44. The van der Waals surface area contributed by atoms with Gasteiger partial charge in [0.1, 0.15) is 6.04 Å². The fourth-order valence-corrected chi connectivity index (χ4v) is 2.38. The van der Waals surface area contributed by atoms with Gasteiger partial charge in [-0.3, -0.25) is 4.79 Å². The van der Waals surface area contributed by atoms with Crippen molar-refractivity contribution in [1.29, 1.82) is 0 Å². The van der Waals surface area contributed by atoms with Crippen LogP contribution in [0.4, 0.5) is 0 Å². The Morgan fingerprint density at radius 2 is 1.45 bits per heavy atom. The van der Waals surface area contributed by atoms with Crippen LogP contribution in [0.25, 0.3) is 0 Å². The van der Waals surface area contributed by atoms with Crippen molar-refractivity contribution in [1.82, 2.24) is 5.32 Å². The molecule has 4 nitrogen and oxygen atoms in total. The van der Waals surface area contributed by atoms with Gasteiger partial charge in [-0.1, -0.05) is 60.7 Å². The minimum absolute atomic E-state index is 0.111. The van der Waals surface area contributed by atoms with E-state index in [0.717, 1.165) is 17.5 Å². The molecule has 22 heavy (non-hydrogen) atoms. The molecule has 2 atom stereocenters. The summed E-state index contributed by atoms with van der Waals surface area (Å²) < 4.78 is 0. The van der Waals surface area contributed by atoms with Crippen LogP contribution in [-0.2, 0) is 17.6 Å². The number of benzene rings is 2. The fourth-order valence-electron chi connectivity index (χ4n) is 2.38. The molecular formula is C18H22N2O2. The van der Waals surface area contributed by atoms with E-state index in [-0.39, 0.29) is 6.04 Å². The Bertz CT molecular complexity index is 572. The summed E-state index contributed by atoms with van der Waals surface area (Å²) in [7, 11) is 0. The van der Waals surface area contributed by atoms with Gasteiger partial charge in [0.15, 0.2) is 0 Å². The van der Waals surface area contributed by atoms with Gasteiger partial charge < -0.3 is 16.2 Å². The molecule has 0 aliphatic rings. The molecule has 0 saturated carbocycles. The lowest BCUT2D eigenvalue weighted by molar-refractivity contribution is -0.139. The topological polar surface area (TPSA) is 75.3 Å². The van der Waals surface area contributed by atoms with Crippen LogP contribution < -0.4 is 11.1 Å². The zero-order valence-corrected chi connectivity index (χ0v) is 12.5. The molecule has 4 N–H and O–H groups in total. The summed E-state index contributed by atoms with van der Waals surface area (Å²) in [5.41, 5.74) is 8.25. The first-order chi connectivity index (χ1) is 10.6. The lowest BCUT2D eigenvalue weighted by atomic mass is 10.0. The van der Waals surface area contributed by atoms with Crippen LogP contribution in [0.2, 0.25) is 0 Å². The van der Waals surface area contributed by atoms with Gasteiger partial charge in [-0.25, -0.2) is 0 Å². The molecule has 0 amide bonds. The monoisotopic (exact) mass is 298 g/mol. The Balaban J connectivity index is 1.85. The van der Waals surface area contributed by atoms with Gasteiger partial charge in [0.2, 0.25) is 0 Å². The molecular weight excluding hydrogens is 276 g/mol. The summed E-state index contributed by atoms with van der Waals surface area (Å²) in [5, 5.41) is 12.4. The number of hydrogen-bond acceptors (Lipinski definition) is 3. The number of aliphatic carboxylic acids is 1. The summed E-state index contributed by atoms with van der Waals surface area (Å²) in [5.74, 6) is -0.851. The zero-order chi connectivity index (χ0) is 15.8. The van der Waals surface area contributed by atoms with Crippen molar-refractivity contribution < 1.29 is 9.90 Å². The Kier molecular flexibility index (Phi) is 6.13. The van der Waals surface area contributed by atoms with Gasteiger partial charge >= 0.3 is 5.97 Å². The standard InChI is InChI=1S/C18H22N2O2/c19-16(11-14-7-3-1-4-8-14)13-20-17(18(21)22)12-15-9-5-2-6-10-15/h1-10,16-17,20H,11-13,19H2,(H,21,22). The van der Waals surface area contributed by atoms with Crippen molar-refractivity contribution in [3.63, 3.8) is 0 Å². The molecule has 0 bridgehead atoms. The summed E-state index contributed by atoms with van der Waals surface area (Å²) >= 11 is 0. The molecule has 0 aliphatic heterocycles. The first-order valence-corrected chi connectivity index (χ1v) is 7.45. The van der Waals surface area contributed by atoms with Crippen LogP contribution in [-0.4, -0.2) is 29.7 Å². The first-order valence-electron chi connectivity index (χ1n) is 7.45. The van der Waals surface area contributed by atoms with Crippen LogP contribution in [0.1, 0.15) is 11.1 Å². The maximum Gasteiger partial charge on any atom is 0.321 e. The average molecular weight is 298 g/mol. The van der Waals surface area contributed by atoms with Crippen molar-refractivity contribution in [2.45, 2.75) is 24.9 Å². The smallest absolute Gasteiger partial charge is 0.321 e. The molecule has 2 aromatic rings. The van der Waals surface area contributed by atoms with E-state index in [4.69, 9.17) is 5.73 Å².